The first-order valence-corrected chi connectivity index (χ1v) is 7.33. The number of ether oxygens (including phenoxy) is 1. The van der Waals surface area contributed by atoms with Crippen LogP contribution >= 0.6 is 0 Å². The highest BCUT2D eigenvalue weighted by Crippen LogP contribution is 2.31. The van der Waals surface area contributed by atoms with Gasteiger partial charge in [-0.2, -0.15) is 0 Å². The number of carbonyl (C=O) groups excluding carboxylic acids is 1. The zero-order valence-corrected chi connectivity index (χ0v) is 12.8. The number of carbonyl (C=O) groups is 1. The molecule has 0 unspecified atom stereocenters. The van der Waals surface area contributed by atoms with Gasteiger partial charge in [0.05, 0.1) is 0 Å². The number of hydrogen-bond donors (Lipinski definition) is 1. The lowest BCUT2D eigenvalue weighted by molar-refractivity contribution is 0.0306. The molecule has 2 aliphatic rings. The third-order valence-corrected chi connectivity index (χ3v) is 3.64. The highest BCUT2D eigenvalue weighted by atomic mass is 16.6. The molecule has 1 aromatic rings. The summed E-state index contributed by atoms with van der Waals surface area (Å²) in [7, 11) is 0. The van der Waals surface area contributed by atoms with Crippen molar-refractivity contribution in [3.05, 3.63) is 29.5 Å². The molecule has 0 fully saturated rings. The van der Waals surface area contributed by atoms with Crippen LogP contribution in [0.3, 0.4) is 0 Å². The van der Waals surface area contributed by atoms with Crippen LogP contribution in [0, 0.1) is 0 Å². The fourth-order valence-corrected chi connectivity index (χ4v) is 2.72. The Morgan fingerprint density at radius 1 is 1.43 bits per heavy atom. The van der Waals surface area contributed by atoms with Crippen LogP contribution in [0.15, 0.2) is 18.3 Å². The van der Waals surface area contributed by atoms with Gasteiger partial charge in [0.15, 0.2) is 0 Å². The predicted molar refractivity (Wildman–Crippen MR) is 82.2 cm³/mol. The second kappa shape index (κ2) is 5.06. The summed E-state index contributed by atoms with van der Waals surface area (Å²) >= 11 is 0. The molecule has 0 saturated carbocycles. The van der Waals surface area contributed by atoms with Crippen molar-refractivity contribution in [3.63, 3.8) is 0 Å². The van der Waals surface area contributed by atoms with E-state index < -0.39 is 5.60 Å². The number of fused-ring (bicyclic) bond motifs is 1. The molecule has 1 amide bonds. The van der Waals surface area contributed by atoms with Crippen molar-refractivity contribution in [1.29, 1.82) is 0 Å². The molecule has 3 rings (SSSR count). The highest BCUT2D eigenvalue weighted by Gasteiger charge is 2.27. The molecule has 0 aliphatic carbocycles. The maximum absolute atomic E-state index is 12.1. The van der Waals surface area contributed by atoms with Crippen molar-refractivity contribution >= 4 is 17.5 Å². The molecule has 5 nitrogen and oxygen atoms in total. The van der Waals surface area contributed by atoms with Crippen LogP contribution in [-0.4, -0.2) is 41.2 Å². The molecule has 112 valence electrons. The zero-order valence-electron chi connectivity index (χ0n) is 12.8. The Labute approximate surface area is 125 Å². The van der Waals surface area contributed by atoms with Crippen molar-refractivity contribution < 1.29 is 9.53 Å². The molecule has 0 radical (unpaired) electrons. The number of anilines is 1. The Kier molecular flexibility index (Phi) is 3.35. The molecule has 2 aliphatic heterocycles. The van der Waals surface area contributed by atoms with E-state index in [0.29, 0.717) is 13.1 Å². The Morgan fingerprint density at radius 2 is 2.24 bits per heavy atom. The van der Waals surface area contributed by atoms with Crippen LogP contribution in [-0.2, 0) is 11.2 Å². The smallest absolute Gasteiger partial charge is 0.410 e. The molecule has 1 N–H and O–H groups in total. The quantitative estimate of drug-likeness (QED) is 0.863. The van der Waals surface area contributed by atoms with Gasteiger partial charge in [-0.25, -0.2) is 9.78 Å². The summed E-state index contributed by atoms with van der Waals surface area (Å²) < 4.78 is 5.43. The lowest BCUT2D eigenvalue weighted by atomic mass is 10.0. The molecular formula is C16H21N3O2. The van der Waals surface area contributed by atoms with Gasteiger partial charge in [0.25, 0.3) is 0 Å². The van der Waals surface area contributed by atoms with Gasteiger partial charge in [0, 0.05) is 31.4 Å². The topological polar surface area (TPSA) is 54.5 Å². The number of nitrogens with one attached hydrogen (secondary N) is 1. The minimum atomic E-state index is -0.457. The van der Waals surface area contributed by atoms with Gasteiger partial charge in [-0.15, -0.1) is 0 Å². The maximum atomic E-state index is 12.1. The van der Waals surface area contributed by atoms with Gasteiger partial charge in [-0.3, -0.25) is 0 Å². The highest BCUT2D eigenvalue weighted by molar-refractivity contribution is 5.80. The monoisotopic (exact) mass is 287 g/mol. The van der Waals surface area contributed by atoms with Crippen molar-refractivity contribution in [2.45, 2.75) is 32.8 Å². The molecule has 5 heteroatoms. The average molecular weight is 287 g/mol. The van der Waals surface area contributed by atoms with E-state index in [1.165, 1.54) is 16.7 Å². The number of nitrogens with zero attached hydrogens (tertiary/aromatic N) is 2. The molecular weight excluding hydrogens is 266 g/mol. The van der Waals surface area contributed by atoms with Crippen LogP contribution in [0.25, 0.3) is 5.57 Å². The van der Waals surface area contributed by atoms with E-state index in [1.54, 1.807) is 4.90 Å². The molecule has 0 aromatic carbocycles. The molecule has 3 heterocycles. The van der Waals surface area contributed by atoms with E-state index in [1.807, 2.05) is 33.0 Å². The Bertz CT molecular complexity index is 602. The van der Waals surface area contributed by atoms with E-state index in [0.717, 1.165) is 18.8 Å². The molecule has 0 bridgehead atoms. The van der Waals surface area contributed by atoms with Gasteiger partial charge in [-0.1, -0.05) is 6.08 Å². The molecule has 0 spiro atoms. The molecule has 1 aromatic heterocycles. The number of aromatic nitrogens is 1. The van der Waals surface area contributed by atoms with Crippen molar-refractivity contribution in [1.82, 2.24) is 9.88 Å². The van der Waals surface area contributed by atoms with Crippen LogP contribution in [0.5, 0.6) is 0 Å². The van der Waals surface area contributed by atoms with Crippen LogP contribution in [0.1, 0.15) is 31.9 Å². The number of rotatable bonds is 1. The number of amides is 1. The molecule has 0 atom stereocenters. The number of hydrogen-bond acceptors (Lipinski definition) is 4. The number of pyridine rings is 1. The van der Waals surface area contributed by atoms with Gasteiger partial charge in [0.2, 0.25) is 0 Å². The van der Waals surface area contributed by atoms with Crippen molar-refractivity contribution in [2.75, 3.05) is 25.0 Å². The second-order valence-corrected chi connectivity index (χ2v) is 6.45. The Morgan fingerprint density at radius 3 is 3.00 bits per heavy atom. The fourth-order valence-electron chi connectivity index (χ4n) is 2.72. The van der Waals surface area contributed by atoms with Gasteiger partial charge >= 0.3 is 6.09 Å². The van der Waals surface area contributed by atoms with Gasteiger partial charge in [0.1, 0.15) is 11.4 Å². The summed E-state index contributed by atoms with van der Waals surface area (Å²) in [5.41, 5.74) is 3.19. The minimum absolute atomic E-state index is 0.252. The Balaban J connectivity index is 1.73. The standard InChI is InChI=1S/C16H21N3O2/c1-16(2,3)21-15(20)19-9-6-11(10-19)12-4-7-17-14-13(12)5-8-18-14/h4,6-7H,5,8-10H2,1-3H3,(H,17,18). The molecule has 21 heavy (non-hydrogen) atoms. The summed E-state index contributed by atoms with van der Waals surface area (Å²) in [6, 6.07) is 2.04. The largest absolute Gasteiger partial charge is 0.444 e. The van der Waals surface area contributed by atoms with E-state index in [4.69, 9.17) is 4.74 Å². The normalized spacial score (nSPS) is 17.3. The first kappa shape index (κ1) is 13.9. The maximum Gasteiger partial charge on any atom is 0.410 e. The summed E-state index contributed by atoms with van der Waals surface area (Å²) in [5, 5.41) is 3.29. The summed E-state index contributed by atoms with van der Waals surface area (Å²) in [5.74, 6) is 0.976. The van der Waals surface area contributed by atoms with E-state index >= 15 is 0 Å². The lowest BCUT2D eigenvalue weighted by Gasteiger charge is -2.24. The third kappa shape index (κ3) is 2.86. The first-order valence-electron chi connectivity index (χ1n) is 7.33. The summed E-state index contributed by atoms with van der Waals surface area (Å²) in [4.78, 5) is 18.2. The van der Waals surface area contributed by atoms with Crippen LogP contribution in [0.2, 0.25) is 0 Å². The molecule has 0 saturated heterocycles. The van der Waals surface area contributed by atoms with Gasteiger partial charge < -0.3 is 15.0 Å². The van der Waals surface area contributed by atoms with Gasteiger partial charge in [-0.05, 0) is 44.4 Å². The van der Waals surface area contributed by atoms with Crippen LogP contribution < -0.4 is 5.32 Å². The van der Waals surface area contributed by atoms with Crippen molar-refractivity contribution in [2.24, 2.45) is 0 Å². The zero-order chi connectivity index (χ0) is 15.0. The summed E-state index contributed by atoms with van der Waals surface area (Å²) in [6.45, 7) is 7.80. The second-order valence-electron chi connectivity index (χ2n) is 6.45. The summed E-state index contributed by atoms with van der Waals surface area (Å²) in [6.07, 6.45) is 4.67. The lowest BCUT2D eigenvalue weighted by Crippen LogP contribution is -2.35. The van der Waals surface area contributed by atoms with E-state index in [-0.39, 0.29) is 6.09 Å². The van der Waals surface area contributed by atoms with Crippen molar-refractivity contribution in [3.8, 4) is 0 Å². The van der Waals surface area contributed by atoms with Crippen LogP contribution in [0.4, 0.5) is 10.6 Å². The SMILES string of the molecule is CC(C)(C)OC(=O)N1CC=C(c2ccnc3c2CCN3)C1. The third-order valence-electron chi connectivity index (χ3n) is 3.64. The first-order chi connectivity index (χ1) is 9.94. The average Bonchev–Trinajstić information content (AvgIpc) is 3.05. The predicted octanol–water partition coefficient (Wildman–Crippen LogP) is 2.68. The Hall–Kier alpha value is -2.04. The van der Waals surface area contributed by atoms with E-state index in [9.17, 15) is 4.79 Å². The fraction of sp³-hybridized carbons (Fsp3) is 0.500. The minimum Gasteiger partial charge on any atom is -0.444 e. The van der Waals surface area contributed by atoms with E-state index in [2.05, 4.69) is 16.4 Å².